The quantitative estimate of drug-likeness (QED) is 0.453. The second-order valence-electron chi connectivity index (χ2n) is 11.1. The Kier molecular flexibility index (Phi) is 8.91. The van der Waals surface area contributed by atoms with Crippen LogP contribution in [0.5, 0.6) is 0 Å². The van der Waals surface area contributed by atoms with Crippen LogP contribution < -0.4 is 5.32 Å². The molecule has 1 aliphatic heterocycles. The predicted octanol–water partition coefficient (Wildman–Crippen LogP) is 4.49. The number of nitrogens with one attached hydrogen (secondary N) is 1. The fourth-order valence-electron chi connectivity index (χ4n) is 6.31. The minimum absolute atomic E-state index is 0.0122. The number of hydrogen-bond donors (Lipinski definition) is 1. The Morgan fingerprint density at radius 2 is 1.82 bits per heavy atom. The first-order valence-electron chi connectivity index (χ1n) is 13.9. The topological polar surface area (TPSA) is 103 Å². The number of hydrogen-bond acceptors (Lipinski definition) is 5. The van der Waals surface area contributed by atoms with Gasteiger partial charge in [0.2, 0.25) is 11.8 Å². The zero-order chi connectivity index (χ0) is 27.2. The van der Waals surface area contributed by atoms with Crippen LogP contribution in [0.2, 0.25) is 0 Å². The maximum atomic E-state index is 14.0. The van der Waals surface area contributed by atoms with Gasteiger partial charge in [0.25, 0.3) is 0 Å². The summed E-state index contributed by atoms with van der Waals surface area (Å²) in [4.78, 5) is 42.7. The molecular weight excluding hydrogens is 487 g/mol. The molecule has 0 spiro atoms. The average molecular weight is 527 g/mol. The third-order valence-electron chi connectivity index (χ3n) is 8.77. The third-order valence-corrected chi connectivity index (χ3v) is 8.77. The number of benzene rings is 1. The summed E-state index contributed by atoms with van der Waals surface area (Å²) >= 11 is 0. The molecular formula is C29H39FN4O4. The van der Waals surface area contributed by atoms with Gasteiger partial charge in [0.15, 0.2) is 0 Å². The smallest absolute Gasteiger partial charge is 0.411 e. The number of alkyl halides is 1. The number of rotatable bonds is 10. The van der Waals surface area contributed by atoms with Crippen molar-refractivity contribution in [1.29, 1.82) is 5.26 Å². The van der Waals surface area contributed by atoms with Crippen LogP contribution >= 0.6 is 0 Å². The summed E-state index contributed by atoms with van der Waals surface area (Å²) in [5, 5.41) is 12.5. The molecule has 2 atom stereocenters. The van der Waals surface area contributed by atoms with Gasteiger partial charge in [0.1, 0.15) is 25.4 Å². The SMILES string of the molecule is CCCCCNC(=O)C12CCC(N(CC(=O)N3C[C@@H](F)C[C@H]3C#N)C(=O)OCc3ccccc3)(CC1)CC2. The van der Waals surface area contributed by atoms with E-state index < -0.39 is 35.2 Å². The van der Waals surface area contributed by atoms with E-state index in [0.29, 0.717) is 45.1 Å². The first-order valence-corrected chi connectivity index (χ1v) is 13.9. The normalized spacial score (nSPS) is 28.0. The largest absolute Gasteiger partial charge is 0.445 e. The van der Waals surface area contributed by atoms with Gasteiger partial charge in [-0.25, -0.2) is 9.18 Å². The lowest BCUT2D eigenvalue weighted by molar-refractivity contribution is -0.145. The van der Waals surface area contributed by atoms with Crippen LogP contribution in [0.25, 0.3) is 0 Å². The van der Waals surface area contributed by atoms with Gasteiger partial charge in [-0.05, 0) is 50.5 Å². The highest BCUT2D eigenvalue weighted by Gasteiger charge is 2.56. The molecule has 0 radical (unpaired) electrons. The number of amides is 3. The Labute approximate surface area is 224 Å². The van der Waals surface area contributed by atoms with E-state index in [2.05, 4.69) is 12.2 Å². The number of nitrogens with zero attached hydrogens (tertiary/aromatic N) is 3. The number of ether oxygens (including phenoxy) is 1. The molecule has 3 aliphatic carbocycles. The second-order valence-corrected chi connectivity index (χ2v) is 11.1. The van der Waals surface area contributed by atoms with Crippen LogP contribution in [0.4, 0.5) is 9.18 Å². The predicted molar refractivity (Wildman–Crippen MR) is 139 cm³/mol. The van der Waals surface area contributed by atoms with E-state index >= 15 is 0 Å². The van der Waals surface area contributed by atoms with Crippen LogP contribution in [0.3, 0.4) is 0 Å². The van der Waals surface area contributed by atoms with Gasteiger partial charge in [-0.2, -0.15) is 5.26 Å². The van der Waals surface area contributed by atoms with Crippen molar-refractivity contribution < 1.29 is 23.5 Å². The van der Waals surface area contributed by atoms with Crippen molar-refractivity contribution in [3.8, 4) is 6.07 Å². The van der Waals surface area contributed by atoms with Crippen molar-refractivity contribution in [3.63, 3.8) is 0 Å². The molecule has 2 bridgehead atoms. The third kappa shape index (κ3) is 5.95. The summed E-state index contributed by atoms with van der Waals surface area (Å²) in [5.74, 6) is -0.349. The molecule has 3 saturated carbocycles. The standard InChI is InChI=1S/C29H39FN4O4/c1-2-3-7-16-32-26(36)28-10-13-29(14-11-28,15-12-28)34(27(37)38-21-22-8-5-4-6-9-22)20-25(35)33-19-23(30)17-24(33)18-31/h4-6,8-9,23-24H,2-3,7,10-17,19-21H2,1H3,(H,32,36)/t23-,24-,28?,29?/m0/s1. The van der Waals surface area contributed by atoms with Crippen molar-refractivity contribution >= 4 is 17.9 Å². The highest BCUT2D eigenvalue weighted by Crippen LogP contribution is 2.55. The molecule has 38 heavy (non-hydrogen) atoms. The Balaban J connectivity index is 1.47. The van der Waals surface area contributed by atoms with Crippen LogP contribution in [-0.2, 0) is 20.9 Å². The van der Waals surface area contributed by atoms with Crippen LogP contribution in [0.15, 0.2) is 30.3 Å². The molecule has 9 heteroatoms. The zero-order valence-electron chi connectivity index (χ0n) is 22.3. The molecule has 3 amide bonds. The molecule has 1 aromatic carbocycles. The zero-order valence-corrected chi connectivity index (χ0v) is 22.3. The van der Waals surface area contributed by atoms with E-state index in [1.54, 1.807) is 0 Å². The van der Waals surface area contributed by atoms with Crippen molar-refractivity contribution in [3.05, 3.63) is 35.9 Å². The Morgan fingerprint density at radius 3 is 2.45 bits per heavy atom. The summed E-state index contributed by atoms with van der Waals surface area (Å²) in [5.41, 5.74) is -0.204. The number of unbranched alkanes of at least 4 members (excludes halogenated alkanes) is 2. The van der Waals surface area contributed by atoms with Crippen molar-refractivity contribution in [2.24, 2.45) is 5.41 Å². The molecule has 8 nitrogen and oxygen atoms in total. The van der Waals surface area contributed by atoms with Crippen molar-refractivity contribution in [1.82, 2.24) is 15.1 Å². The number of carbonyl (C=O) groups is 3. The van der Waals surface area contributed by atoms with Gasteiger partial charge in [-0.15, -0.1) is 0 Å². The summed E-state index contributed by atoms with van der Waals surface area (Å²) < 4.78 is 19.7. The fraction of sp³-hybridized carbons (Fsp3) is 0.655. The Morgan fingerprint density at radius 1 is 1.13 bits per heavy atom. The van der Waals surface area contributed by atoms with E-state index in [0.717, 1.165) is 24.8 Å². The molecule has 5 rings (SSSR count). The lowest BCUT2D eigenvalue weighted by Gasteiger charge is -2.56. The summed E-state index contributed by atoms with van der Waals surface area (Å²) in [6.07, 6.45) is 4.98. The number of fused-ring (bicyclic) bond motifs is 3. The van der Waals surface area contributed by atoms with Crippen molar-refractivity contribution in [2.75, 3.05) is 19.6 Å². The van der Waals surface area contributed by atoms with Crippen LogP contribution in [0, 0.1) is 16.7 Å². The second kappa shape index (κ2) is 12.1. The maximum Gasteiger partial charge on any atom is 0.411 e. The molecule has 206 valence electrons. The van der Waals surface area contributed by atoms with E-state index in [1.165, 1.54) is 9.80 Å². The molecule has 0 aromatic heterocycles. The average Bonchev–Trinajstić information content (AvgIpc) is 3.34. The van der Waals surface area contributed by atoms with E-state index in [9.17, 15) is 24.0 Å². The number of likely N-dealkylation sites (tertiary alicyclic amines) is 1. The fourth-order valence-corrected chi connectivity index (χ4v) is 6.31. The molecule has 4 fully saturated rings. The van der Waals surface area contributed by atoms with Gasteiger partial charge in [-0.1, -0.05) is 50.1 Å². The maximum absolute atomic E-state index is 14.0. The van der Waals surface area contributed by atoms with Gasteiger partial charge >= 0.3 is 6.09 Å². The summed E-state index contributed by atoms with van der Waals surface area (Å²) in [7, 11) is 0. The first kappa shape index (κ1) is 27.9. The van der Waals surface area contributed by atoms with E-state index in [-0.39, 0.29) is 32.0 Å². The van der Waals surface area contributed by atoms with E-state index in [4.69, 9.17) is 4.74 Å². The highest BCUT2D eigenvalue weighted by molar-refractivity contribution is 5.85. The van der Waals surface area contributed by atoms with Crippen LogP contribution in [0.1, 0.15) is 76.7 Å². The number of carbonyl (C=O) groups excluding carboxylic acids is 3. The molecule has 1 aromatic rings. The summed E-state index contributed by atoms with van der Waals surface area (Å²) in [6, 6.07) is 10.5. The van der Waals surface area contributed by atoms with E-state index in [1.807, 2.05) is 36.4 Å². The van der Waals surface area contributed by atoms with Gasteiger partial charge < -0.3 is 15.0 Å². The lowest BCUT2D eigenvalue weighted by Crippen LogP contribution is -2.63. The minimum Gasteiger partial charge on any atom is -0.445 e. The van der Waals surface area contributed by atoms with Gasteiger partial charge in [-0.3, -0.25) is 14.5 Å². The van der Waals surface area contributed by atoms with Gasteiger partial charge in [0, 0.05) is 23.9 Å². The molecule has 1 N–H and O–H groups in total. The van der Waals surface area contributed by atoms with Gasteiger partial charge in [0.05, 0.1) is 12.6 Å². The Bertz CT molecular complexity index is 1020. The molecule has 0 unspecified atom stereocenters. The lowest BCUT2D eigenvalue weighted by atomic mass is 9.56. The molecule has 4 aliphatic rings. The number of halogens is 1. The molecule has 1 heterocycles. The Hall–Kier alpha value is -3.15. The first-order chi connectivity index (χ1) is 18.3. The summed E-state index contributed by atoms with van der Waals surface area (Å²) in [6.45, 7) is 2.47. The van der Waals surface area contributed by atoms with Crippen LogP contribution in [-0.4, -0.2) is 65.1 Å². The monoisotopic (exact) mass is 526 g/mol. The minimum atomic E-state index is -1.25. The van der Waals surface area contributed by atoms with Crippen molar-refractivity contribution in [2.45, 2.75) is 95.5 Å². The highest BCUT2D eigenvalue weighted by atomic mass is 19.1. The number of nitriles is 1. The molecule has 1 saturated heterocycles.